The Balaban J connectivity index is 2.21. The van der Waals surface area contributed by atoms with E-state index in [9.17, 15) is 27.6 Å². The highest BCUT2D eigenvalue weighted by Gasteiger charge is 2.35. The first-order valence-corrected chi connectivity index (χ1v) is 7.43. The number of fused-ring (bicyclic) bond motifs is 1. The molecule has 140 valence electrons. The third-order valence-electron chi connectivity index (χ3n) is 3.82. The fraction of sp³-hybridized carbons (Fsp3) is 0.250. The minimum atomic E-state index is -4.88. The second-order valence-electron chi connectivity index (χ2n) is 5.51. The molecule has 0 radical (unpaired) electrons. The van der Waals surface area contributed by atoms with Crippen molar-refractivity contribution in [3.8, 4) is 23.9 Å². The molecule has 0 aromatic carbocycles. The maximum Gasteiger partial charge on any atom is 0.431 e. The van der Waals surface area contributed by atoms with Gasteiger partial charge in [-0.1, -0.05) is 5.92 Å². The molecule has 3 rings (SSSR count). The largest absolute Gasteiger partial charge is 0.480 e. The molecule has 0 N–H and O–H groups in total. The Kier molecular flexibility index (Phi) is 4.27. The lowest BCUT2D eigenvalue weighted by Crippen LogP contribution is -2.42. The topological polar surface area (TPSA) is 86.4 Å². The molecule has 3 heterocycles. The number of hydrogen-bond donors (Lipinski definition) is 0. The maximum atomic E-state index is 12.9. The fourth-order valence-corrected chi connectivity index (χ4v) is 2.55. The molecule has 0 bridgehead atoms. The summed E-state index contributed by atoms with van der Waals surface area (Å²) >= 11 is 0. The zero-order valence-corrected chi connectivity index (χ0v) is 13.8. The third-order valence-corrected chi connectivity index (χ3v) is 3.82. The number of alkyl halides is 3. The normalized spacial score (nSPS) is 13.7. The molecule has 27 heavy (non-hydrogen) atoms. The Labute approximate surface area is 149 Å². The Morgan fingerprint density at radius 3 is 2.63 bits per heavy atom. The lowest BCUT2D eigenvalue weighted by atomic mass is 10.3. The van der Waals surface area contributed by atoms with Crippen LogP contribution < -0.4 is 20.9 Å². The third kappa shape index (κ3) is 3.05. The van der Waals surface area contributed by atoms with Gasteiger partial charge in [0, 0.05) is 13.1 Å². The van der Waals surface area contributed by atoms with Crippen molar-refractivity contribution < 1.29 is 22.7 Å². The number of pyridine rings is 1. The summed E-state index contributed by atoms with van der Waals surface area (Å²) in [7, 11) is 0.886. The molecule has 0 unspecified atom stereocenters. The minimum Gasteiger partial charge on any atom is -0.480 e. The van der Waals surface area contributed by atoms with Gasteiger partial charge in [-0.3, -0.25) is 19.1 Å². The number of anilines is 1. The number of halogens is 3. The van der Waals surface area contributed by atoms with Gasteiger partial charge in [-0.15, -0.1) is 6.42 Å². The van der Waals surface area contributed by atoms with Crippen LogP contribution in [0, 0.1) is 12.3 Å². The van der Waals surface area contributed by atoms with E-state index in [4.69, 9.17) is 11.2 Å². The SMILES string of the molecule is C#CCN1C(=O)COc2ccc(-n3c(=O)cc(C(F)(F)F)n(C)c3=O)nc21. The van der Waals surface area contributed by atoms with Crippen LogP contribution in [0.2, 0.25) is 0 Å². The lowest BCUT2D eigenvalue weighted by Gasteiger charge is -2.27. The van der Waals surface area contributed by atoms with Crippen molar-refractivity contribution in [1.29, 1.82) is 0 Å². The van der Waals surface area contributed by atoms with Crippen LogP contribution in [0.4, 0.5) is 19.0 Å². The average molecular weight is 380 g/mol. The van der Waals surface area contributed by atoms with Crippen molar-refractivity contribution in [2.24, 2.45) is 7.05 Å². The Morgan fingerprint density at radius 2 is 2.00 bits per heavy atom. The van der Waals surface area contributed by atoms with E-state index in [-0.39, 0.29) is 30.5 Å². The number of nitrogens with zero attached hydrogens (tertiary/aromatic N) is 4. The molecular weight excluding hydrogens is 369 g/mol. The average Bonchev–Trinajstić information content (AvgIpc) is 2.60. The van der Waals surface area contributed by atoms with Gasteiger partial charge in [-0.25, -0.2) is 14.3 Å². The van der Waals surface area contributed by atoms with Crippen LogP contribution in [-0.2, 0) is 18.0 Å². The van der Waals surface area contributed by atoms with Crippen molar-refractivity contribution >= 4 is 11.7 Å². The molecule has 0 saturated heterocycles. The number of amides is 1. The van der Waals surface area contributed by atoms with E-state index in [0.717, 1.165) is 11.9 Å². The molecule has 1 aliphatic rings. The second kappa shape index (κ2) is 6.31. The summed E-state index contributed by atoms with van der Waals surface area (Å²) in [4.78, 5) is 41.6. The smallest absolute Gasteiger partial charge is 0.431 e. The molecule has 8 nitrogen and oxygen atoms in total. The van der Waals surface area contributed by atoms with E-state index in [1.807, 2.05) is 0 Å². The predicted molar refractivity (Wildman–Crippen MR) is 86.8 cm³/mol. The first-order valence-electron chi connectivity index (χ1n) is 7.43. The summed E-state index contributed by atoms with van der Waals surface area (Å²) in [6.07, 6.45) is 0.350. The molecule has 0 fully saturated rings. The summed E-state index contributed by atoms with van der Waals surface area (Å²) in [6.45, 7) is -0.400. The number of aromatic nitrogens is 3. The summed E-state index contributed by atoms with van der Waals surface area (Å²) in [6, 6.07) is 2.86. The highest BCUT2D eigenvalue weighted by molar-refractivity contribution is 5.97. The van der Waals surface area contributed by atoms with E-state index >= 15 is 0 Å². The second-order valence-corrected chi connectivity index (χ2v) is 5.51. The van der Waals surface area contributed by atoms with Crippen molar-refractivity contribution in [3.63, 3.8) is 0 Å². The zero-order valence-electron chi connectivity index (χ0n) is 13.8. The monoisotopic (exact) mass is 380 g/mol. The number of hydrogen-bond acceptors (Lipinski definition) is 5. The molecule has 1 amide bonds. The lowest BCUT2D eigenvalue weighted by molar-refractivity contribution is -0.144. The zero-order chi connectivity index (χ0) is 19.9. The van der Waals surface area contributed by atoms with Gasteiger partial charge in [-0.05, 0) is 12.1 Å². The number of rotatable bonds is 2. The number of ether oxygens (including phenoxy) is 1. The van der Waals surface area contributed by atoms with Crippen LogP contribution in [-0.4, -0.2) is 33.2 Å². The summed E-state index contributed by atoms with van der Waals surface area (Å²) in [5, 5.41) is 0. The van der Waals surface area contributed by atoms with Gasteiger partial charge in [0.05, 0.1) is 6.54 Å². The van der Waals surface area contributed by atoms with E-state index in [2.05, 4.69) is 10.9 Å². The molecule has 0 aliphatic carbocycles. The summed E-state index contributed by atoms with van der Waals surface area (Å²) < 4.78 is 44.8. The van der Waals surface area contributed by atoms with Gasteiger partial charge >= 0.3 is 11.9 Å². The first-order chi connectivity index (χ1) is 12.6. The van der Waals surface area contributed by atoms with Crippen molar-refractivity contribution in [1.82, 2.24) is 14.1 Å². The molecule has 11 heteroatoms. The molecule has 0 spiro atoms. The summed E-state index contributed by atoms with van der Waals surface area (Å²) in [5.74, 6) is 1.67. The van der Waals surface area contributed by atoms with Gasteiger partial charge in [0.25, 0.3) is 11.5 Å². The summed E-state index contributed by atoms with van der Waals surface area (Å²) in [5.41, 5.74) is -3.85. The van der Waals surface area contributed by atoms with E-state index in [1.165, 1.54) is 12.1 Å². The fourth-order valence-electron chi connectivity index (χ4n) is 2.55. The highest BCUT2D eigenvalue weighted by atomic mass is 19.4. The van der Waals surface area contributed by atoms with Gasteiger partial charge < -0.3 is 4.74 Å². The van der Waals surface area contributed by atoms with Crippen LogP contribution in [0.1, 0.15) is 5.69 Å². The van der Waals surface area contributed by atoms with Gasteiger partial charge in [0.2, 0.25) is 0 Å². The molecule has 2 aromatic heterocycles. The molecular formula is C16H11F3N4O4. The van der Waals surface area contributed by atoms with Crippen molar-refractivity contribution in [2.45, 2.75) is 6.18 Å². The van der Waals surface area contributed by atoms with Gasteiger partial charge in [0.15, 0.2) is 18.2 Å². The van der Waals surface area contributed by atoms with Crippen LogP contribution in [0.5, 0.6) is 5.75 Å². The molecule has 0 saturated carbocycles. The Morgan fingerprint density at radius 1 is 1.30 bits per heavy atom. The molecule has 0 atom stereocenters. The van der Waals surface area contributed by atoms with Crippen molar-refractivity contribution in [3.05, 3.63) is 44.7 Å². The van der Waals surface area contributed by atoms with E-state index in [1.54, 1.807) is 0 Å². The predicted octanol–water partition coefficient (Wildman–Crippen LogP) is 0.309. The number of terminal acetylenes is 1. The van der Waals surface area contributed by atoms with E-state index in [0.29, 0.717) is 15.2 Å². The van der Waals surface area contributed by atoms with E-state index < -0.39 is 29.0 Å². The van der Waals surface area contributed by atoms with Crippen LogP contribution in [0.25, 0.3) is 5.82 Å². The Bertz CT molecular complexity index is 1090. The maximum absolute atomic E-state index is 12.9. The van der Waals surface area contributed by atoms with Crippen LogP contribution in [0.15, 0.2) is 27.8 Å². The van der Waals surface area contributed by atoms with Gasteiger partial charge in [-0.2, -0.15) is 13.2 Å². The first kappa shape index (κ1) is 18.2. The molecule has 1 aliphatic heterocycles. The van der Waals surface area contributed by atoms with Gasteiger partial charge in [0.1, 0.15) is 11.5 Å². The van der Waals surface area contributed by atoms with Crippen LogP contribution >= 0.6 is 0 Å². The Hall–Kier alpha value is -3.55. The standard InChI is InChI=1S/C16H11F3N4O4/c1-3-6-22-13(25)8-27-9-4-5-11(20-14(9)22)23-12(24)7-10(16(17,18)19)21(2)15(23)26/h1,4-5,7H,6,8H2,2H3. The highest BCUT2D eigenvalue weighted by Crippen LogP contribution is 2.30. The minimum absolute atomic E-state index is 0.0319. The van der Waals surface area contributed by atoms with Crippen molar-refractivity contribution in [2.75, 3.05) is 18.1 Å². The van der Waals surface area contributed by atoms with Crippen LogP contribution in [0.3, 0.4) is 0 Å². The quantitative estimate of drug-likeness (QED) is 0.700. The molecule has 2 aromatic rings. The number of carbonyl (C=O) groups is 1. The number of carbonyl (C=O) groups excluding carboxylic acids is 1.